The molecule has 1 atom stereocenters. The number of nitrogens with one attached hydrogen (secondary N) is 1. The molecule has 2 aromatic rings. The second-order valence-electron chi connectivity index (χ2n) is 4.88. The molecule has 1 aliphatic rings. The SMILES string of the molecule is COc1ccc(O)c(C2=NNC(c3ccc(Cl)cc3)C2)c1. The summed E-state index contributed by atoms with van der Waals surface area (Å²) < 4.78 is 5.19. The van der Waals surface area contributed by atoms with Crippen LogP contribution in [-0.4, -0.2) is 17.9 Å². The van der Waals surface area contributed by atoms with Crippen molar-refractivity contribution >= 4 is 17.3 Å². The molecule has 0 aromatic heterocycles. The van der Waals surface area contributed by atoms with E-state index < -0.39 is 0 Å². The monoisotopic (exact) mass is 302 g/mol. The van der Waals surface area contributed by atoms with E-state index in [4.69, 9.17) is 16.3 Å². The van der Waals surface area contributed by atoms with Crippen molar-refractivity contribution in [1.82, 2.24) is 5.43 Å². The Balaban J connectivity index is 1.82. The zero-order chi connectivity index (χ0) is 14.8. The molecule has 2 aromatic carbocycles. The van der Waals surface area contributed by atoms with Gasteiger partial charge >= 0.3 is 0 Å². The summed E-state index contributed by atoms with van der Waals surface area (Å²) in [5.41, 5.74) is 5.71. The summed E-state index contributed by atoms with van der Waals surface area (Å²) in [5.74, 6) is 0.897. The fourth-order valence-corrected chi connectivity index (χ4v) is 2.50. The Bertz CT molecular complexity index is 683. The van der Waals surface area contributed by atoms with Crippen LogP contribution >= 0.6 is 11.6 Å². The average molecular weight is 303 g/mol. The number of ether oxygens (including phenoxy) is 1. The number of methoxy groups -OCH3 is 1. The van der Waals surface area contributed by atoms with Crippen molar-refractivity contribution in [3.05, 3.63) is 58.6 Å². The van der Waals surface area contributed by atoms with Crippen molar-refractivity contribution in [2.75, 3.05) is 7.11 Å². The first-order valence-electron chi connectivity index (χ1n) is 6.62. The molecular formula is C16H15ClN2O2. The molecule has 1 aliphatic heterocycles. The smallest absolute Gasteiger partial charge is 0.124 e. The fraction of sp³-hybridized carbons (Fsp3) is 0.188. The van der Waals surface area contributed by atoms with Gasteiger partial charge in [0, 0.05) is 17.0 Å². The van der Waals surface area contributed by atoms with Crippen molar-refractivity contribution in [2.24, 2.45) is 5.10 Å². The lowest BCUT2D eigenvalue weighted by Crippen LogP contribution is -2.09. The minimum atomic E-state index is 0.0860. The zero-order valence-corrected chi connectivity index (χ0v) is 12.3. The number of rotatable bonds is 3. The Morgan fingerprint density at radius 1 is 1.24 bits per heavy atom. The molecule has 0 amide bonds. The lowest BCUT2D eigenvalue weighted by atomic mass is 9.98. The van der Waals surface area contributed by atoms with E-state index in [0.717, 1.165) is 11.3 Å². The van der Waals surface area contributed by atoms with Gasteiger partial charge in [-0.05, 0) is 35.9 Å². The molecule has 0 aliphatic carbocycles. The average Bonchev–Trinajstić information content (AvgIpc) is 2.98. The molecule has 1 unspecified atom stereocenters. The number of benzene rings is 2. The van der Waals surface area contributed by atoms with E-state index in [1.165, 1.54) is 0 Å². The lowest BCUT2D eigenvalue weighted by molar-refractivity contribution is 0.412. The topological polar surface area (TPSA) is 53.9 Å². The Morgan fingerprint density at radius 3 is 2.71 bits per heavy atom. The van der Waals surface area contributed by atoms with Crippen molar-refractivity contribution in [2.45, 2.75) is 12.5 Å². The van der Waals surface area contributed by atoms with Gasteiger partial charge in [-0.25, -0.2) is 0 Å². The Kier molecular flexibility index (Phi) is 3.71. The first-order chi connectivity index (χ1) is 10.2. The van der Waals surface area contributed by atoms with Gasteiger partial charge in [0.2, 0.25) is 0 Å². The summed E-state index contributed by atoms with van der Waals surface area (Å²) in [4.78, 5) is 0. The molecule has 0 saturated carbocycles. The first-order valence-corrected chi connectivity index (χ1v) is 7.00. The maximum atomic E-state index is 10.0. The number of hydrogen-bond acceptors (Lipinski definition) is 4. The van der Waals surface area contributed by atoms with Crippen molar-refractivity contribution < 1.29 is 9.84 Å². The largest absolute Gasteiger partial charge is 0.507 e. The summed E-state index contributed by atoms with van der Waals surface area (Å²) in [6.07, 6.45) is 0.697. The molecule has 21 heavy (non-hydrogen) atoms. The molecular weight excluding hydrogens is 288 g/mol. The molecule has 0 saturated heterocycles. The van der Waals surface area contributed by atoms with Crippen LogP contribution < -0.4 is 10.2 Å². The normalized spacial score (nSPS) is 17.2. The third-order valence-corrected chi connectivity index (χ3v) is 3.79. The van der Waals surface area contributed by atoms with Gasteiger partial charge in [0.25, 0.3) is 0 Å². The molecule has 1 heterocycles. The van der Waals surface area contributed by atoms with Gasteiger partial charge in [-0.15, -0.1) is 0 Å². The van der Waals surface area contributed by atoms with Crippen LogP contribution in [0.3, 0.4) is 0 Å². The second kappa shape index (κ2) is 5.66. The molecule has 0 bridgehead atoms. The van der Waals surface area contributed by atoms with E-state index in [1.54, 1.807) is 25.3 Å². The molecule has 5 heteroatoms. The van der Waals surface area contributed by atoms with Crippen LogP contribution in [0.15, 0.2) is 47.6 Å². The van der Waals surface area contributed by atoms with Gasteiger partial charge in [-0.2, -0.15) is 5.10 Å². The van der Waals surface area contributed by atoms with Gasteiger partial charge in [0.15, 0.2) is 0 Å². The Morgan fingerprint density at radius 2 is 2.00 bits per heavy atom. The summed E-state index contributed by atoms with van der Waals surface area (Å²) in [6.45, 7) is 0. The van der Waals surface area contributed by atoms with Gasteiger partial charge in [-0.1, -0.05) is 23.7 Å². The van der Waals surface area contributed by atoms with Crippen LogP contribution in [0.5, 0.6) is 11.5 Å². The summed E-state index contributed by atoms with van der Waals surface area (Å²) >= 11 is 5.90. The Labute approximate surface area is 128 Å². The van der Waals surface area contributed by atoms with E-state index in [0.29, 0.717) is 22.8 Å². The highest BCUT2D eigenvalue weighted by molar-refractivity contribution is 6.30. The highest BCUT2D eigenvalue weighted by Gasteiger charge is 2.23. The van der Waals surface area contributed by atoms with Crippen molar-refractivity contribution in [3.63, 3.8) is 0 Å². The van der Waals surface area contributed by atoms with Crippen molar-refractivity contribution in [1.29, 1.82) is 0 Å². The molecule has 2 N–H and O–H groups in total. The van der Waals surface area contributed by atoms with E-state index in [9.17, 15) is 5.11 Å². The van der Waals surface area contributed by atoms with E-state index in [2.05, 4.69) is 10.5 Å². The number of halogens is 1. The van der Waals surface area contributed by atoms with Crippen LogP contribution in [0, 0.1) is 0 Å². The first kappa shape index (κ1) is 13.8. The number of aromatic hydroxyl groups is 1. The van der Waals surface area contributed by atoms with Gasteiger partial charge in [-0.3, -0.25) is 0 Å². The van der Waals surface area contributed by atoms with E-state index in [1.807, 2.05) is 24.3 Å². The van der Waals surface area contributed by atoms with Crippen LogP contribution in [-0.2, 0) is 0 Å². The van der Waals surface area contributed by atoms with Crippen LogP contribution in [0.2, 0.25) is 5.02 Å². The number of phenols is 1. The van der Waals surface area contributed by atoms with Crippen LogP contribution in [0.4, 0.5) is 0 Å². The number of hydrogen-bond donors (Lipinski definition) is 2. The predicted molar refractivity (Wildman–Crippen MR) is 83.1 cm³/mol. The third-order valence-electron chi connectivity index (χ3n) is 3.54. The molecule has 4 nitrogen and oxygen atoms in total. The van der Waals surface area contributed by atoms with Crippen LogP contribution in [0.1, 0.15) is 23.6 Å². The fourth-order valence-electron chi connectivity index (χ4n) is 2.37. The zero-order valence-electron chi connectivity index (χ0n) is 11.5. The standard InChI is InChI=1S/C16H15ClN2O2/c1-21-12-6-7-16(20)13(8-12)15-9-14(18-19-15)10-2-4-11(17)5-3-10/h2-8,14,18,20H,9H2,1H3. The predicted octanol–water partition coefficient (Wildman–Crippen LogP) is 3.49. The molecule has 0 spiro atoms. The van der Waals surface area contributed by atoms with E-state index >= 15 is 0 Å². The number of hydrazone groups is 1. The second-order valence-corrected chi connectivity index (χ2v) is 5.32. The maximum absolute atomic E-state index is 10.0. The molecule has 0 fully saturated rings. The van der Waals surface area contributed by atoms with Crippen molar-refractivity contribution in [3.8, 4) is 11.5 Å². The van der Waals surface area contributed by atoms with E-state index in [-0.39, 0.29) is 11.8 Å². The highest BCUT2D eigenvalue weighted by atomic mass is 35.5. The molecule has 108 valence electrons. The summed E-state index contributed by atoms with van der Waals surface area (Å²) in [7, 11) is 1.60. The summed E-state index contributed by atoms with van der Waals surface area (Å²) in [6, 6.07) is 12.9. The number of nitrogens with zero attached hydrogens (tertiary/aromatic N) is 1. The third kappa shape index (κ3) is 2.81. The quantitative estimate of drug-likeness (QED) is 0.912. The summed E-state index contributed by atoms with van der Waals surface area (Å²) in [5, 5.41) is 15.1. The van der Waals surface area contributed by atoms with Gasteiger partial charge in [0.1, 0.15) is 11.5 Å². The lowest BCUT2D eigenvalue weighted by Gasteiger charge is -2.10. The highest BCUT2D eigenvalue weighted by Crippen LogP contribution is 2.30. The Hall–Kier alpha value is -2.20. The van der Waals surface area contributed by atoms with Gasteiger partial charge < -0.3 is 15.3 Å². The van der Waals surface area contributed by atoms with Crippen LogP contribution in [0.25, 0.3) is 0 Å². The van der Waals surface area contributed by atoms with Gasteiger partial charge in [0.05, 0.1) is 18.9 Å². The number of phenolic OH excluding ortho intramolecular Hbond substituents is 1. The minimum Gasteiger partial charge on any atom is -0.507 e. The minimum absolute atomic E-state index is 0.0860. The molecule has 0 radical (unpaired) electrons. The molecule has 3 rings (SSSR count). The maximum Gasteiger partial charge on any atom is 0.124 e.